The van der Waals surface area contributed by atoms with E-state index in [1.807, 2.05) is 0 Å². The van der Waals surface area contributed by atoms with Crippen molar-refractivity contribution in [2.75, 3.05) is 37.7 Å². The Kier molecular flexibility index (Phi) is 6.17. The van der Waals surface area contributed by atoms with Crippen LogP contribution in [0, 0.1) is 0 Å². The fraction of sp³-hybridized carbons (Fsp3) is 0.857. The molecule has 7 heteroatoms. The van der Waals surface area contributed by atoms with Gasteiger partial charge in [0.05, 0.1) is 12.5 Å². The first-order valence-corrected chi connectivity index (χ1v) is 8.84. The number of hydrogen-bond donors (Lipinski definition) is 2. The largest absolute Gasteiger partial charge is 0.481 e. The number of likely N-dealkylation sites (tertiary alicyclic amines) is 1. The summed E-state index contributed by atoms with van der Waals surface area (Å²) in [5, 5.41) is 12.1. The summed E-state index contributed by atoms with van der Waals surface area (Å²) in [6, 6.07) is -0.0946. The summed E-state index contributed by atoms with van der Waals surface area (Å²) in [6.45, 7) is 5.78. The predicted molar refractivity (Wildman–Crippen MR) is 83.7 cm³/mol. The van der Waals surface area contributed by atoms with Gasteiger partial charge in [-0.25, -0.2) is 4.79 Å². The van der Waals surface area contributed by atoms with E-state index in [9.17, 15) is 9.59 Å². The number of likely N-dealkylation sites (N-methyl/N-ethyl adjacent to an activating group) is 1. The summed E-state index contributed by atoms with van der Waals surface area (Å²) >= 11 is 1.72. The summed E-state index contributed by atoms with van der Waals surface area (Å²) in [7, 11) is 0. The summed E-state index contributed by atoms with van der Waals surface area (Å²) in [6.07, 6.45) is 2.15. The normalized spacial score (nSPS) is 27.4. The fourth-order valence-corrected chi connectivity index (χ4v) is 4.07. The second-order valence-electron chi connectivity index (χ2n) is 5.70. The van der Waals surface area contributed by atoms with E-state index in [-0.39, 0.29) is 24.5 Å². The van der Waals surface area contributed by atoms with Crippen molar-refractivity contribution in [2.24, 2.45) is 0 Å². The molecule has 2 unspecified atom stereocenters. The molecule has 0 aromatic rings. The molecule has 2 aliphatic rings. The van der Waals surface area contributed by atoms with Gasteiger partial charge in [0, 0.05) is 30.6 Å². The molecule has 2 atom stereocenters. The topological polar surface area (TPSA) is 72.9 Å². The van der Waals surface area contributed by atoms with Crippen LogP contribution < -0.4 is 5.32 Å². The Morgan fingerprint density at radius 3 is 2.90 bits per heavy atom. The molecule has 0 aromatic carbocycles. The highest BCUT2D eigenvalue weighted by Gasteiger charge is 2.30. The van der Waals surface area contributed by atoms with Crippen molar-refractivity contribution in [2.45, 2.75) is 38.3 Å². The Bertz CT molecular complexity index is 380. The van der Waals surface area contributed by atoms with Crippen molar-refractivity contribution in [1.82, 2.24) is 15.1 Å². The van der Waals surface area contributed by atoms with Gasteiger partial charge in [0.2, 0.25) is 0 Å². The van der Waals surface area contributed by atoms with E-state index in [0.717, 1.165) is 38.2 Å². The molecule has 0 saturated carbocycles. The number of hydrogen-bond acceptors (Lipinski definition) is 4. The number of nitrogens with one attached hydrogen (secondary N) is 1. The quantitative estimate of drug-likeness (QED) is 0.812. The van der Waals surface area contributed by atoms with Crippen LogP contribution in [0.3, 0.4) is 0 Å². The summed E-state index contributed by atoms with van der Waals surface area (Å²) in [5.41, 5.74) is 0. The van der Waals surface area contributed by atoms with E-state index in [1.165, 1.54) is 0 Å². The zero-order valence-corrected chi connectivity index (χ0v) is 13.4. The fourth-order valence-electron chi connectivity index (χ4n) is 3.01. The van der Waals surface area contributed by atoms with Crippen molar-refractivity contribution in [3.63, 3.8) is 0 Å². The lowest BCUT2D eigenvalue weighted by atomic mass is 10.1. The van der Waals surface area contributed by atoms with Crippen molar-refractivity contribution in [3.05, 3.63) is 0 Å². The lowest BCUT2D eigenvalue weighted by molar-refractivity contribution is -0.138. The smallest absolute Gasteiger partial charge is 0.317 e. The molecule has 0 aromatic heterocycles. The highest BCUT2D eigenvalue weighted by Crippen LogP contribution is 2.19. The van der Waals surface area contributed by atoms with E-state index >= 15 is 0 Å². The Morgan fingerprint density at radius 1 is 1.38 bits per heavy atom. The van der Waals surface area contributed by atoms with Crippen LogP contribution in [0.2, 0.25) is 0 Å². The molecule has 21 heavy (non-hydrogen) atoms. The Labute approximate surface area is 130 Å². The number of carboxylic acid groups (broad SMARTS) is 1. The summed E-state index contributed by atoms with van der Waals surface area (Å²) < 4.78 is 0. The zero-order chi connectivity index (χ0) is 15.2. The van der Waals surface area contributed by atoms with Crippen molar-refractivity contribution in [1.29, 1.82) is 0 Å². The summed E-state index contributed by atoms with van der Waals surface area (Å²) in [5.74, 6) is 0.760. The monoisotopic (exact) mass is 315 g/mol. The molecule has 2 saturated heterocycles. The molecular weight excluding hydrogens is 290 g/mol. The maximum Gasteiger partial charge on any atom is 0.317 e. The van der Waals surface area contributed by atoms with Gasteiger partial charge in [-0.15, -0.1) is 0 Å². The van der Waals surface area contributed by atoms with Gasteiger partial charge in [0.1, 0.15) is 0 Å². The number of rotatable bonds is 4. The number of carbonyl (C=O) groups excluding carboxylic acids is 1. The van der Waals surface area contributed by atoms with Crippen LogP contribution in [-0.4, -0.2) is 76.7 Å². The molecule has 0 bridgehead atoms. The van der Waals surface area contributed by atoms with Crippen LogP contribution >= 0.6 is 11.8 Å². The van der Waals surface area contributed by atoms with Crippen molar-refractivity contribution >= 4 is 23.8 Å². The minimum Gasteiger partial charge on any atom is -0.481 e. The van der Waals surface area contributed by atoms with E-state index in [0.29, 0.717) is 12.3 Å². The van der Waals surface area contributed by atoms with Crippen LogP contribution in [0.5, 0.6) is 0 Å². The van der Waals surface area contributed by atoms with Crippen LogP contribution in [0.1, 0.15) is 26.2 Å². The van der Waals surface area contributed by atoms with Crippen LogP contribution in [0.15, 0.2) is 0 Å². The highest BCUT2D eigenvalue weighted by molar-refractivity contribution is 7.99. The Hall–Kier alpha value is -0.950. The molecule has 2 amide bonds. The highest BCUT2D eigenvalue weighted by atomic mass is 32.2. The number of carbonyl (C=O) groups is 2. The maximum atomic E-state index is 12.4. The Morgan fingerprint density at radius 2 is 2.19 bits per heavy atom. The van der Waals surface area contributed by atoms with Crippen LogP contribution in [0.25, 0.3) is 0 Å². The van der Waals surface area contributed by atoms with Gasteiger partial charge in [-0.1, -0.05) is 6.92 Å². The Balaban J connectivity index is 1.89. The average Bonchev–Trinajstić information content (AvgIpc) is 2.47. The number of amides is 2. The standard InChI is InChI=1S/C14H25N3O3S/c1-2-16-5-3-4-11(9-16)15-14(20)17-6-7-21-10-12(17)8-13(18)19/h11-12H,2-10H2,1H3,(H,15,20)(H,18,19). The lowest BCUT2D eigenvalue weighted by Crippen LogP contribution is -2.56. The van der Waals surface area contributed by atoms with E-state index < -0.39 is 5.97 Å². The minimum absolute atomic E-state index is 0.0339. The number of nitrogens with zero attached hydrogens (tertiary/aromatic N) is 2. The van der Waals surface area contributed by atoms with Gasteiger partial charge >= 0.3 is 12.0 Å². The van der Waals surface area contributed by atoms with Crippen LogP contribution in [0.4, 0.5) is 4.79 Å². The zero-order valence-electron chi connectivity index (χ0n) is 12.6. The SMILES string of the molecule is CCN1CCCC(NC(=O)N2CCSCC2CC(=O)O)C1. The number of piperidine rings is 1. The van der Waals surface area contributed by atoms with E-state index in [2.05, 4.69) is 17.1 Å². The third-order valence-electron chi connectivity index (χ3n) is 4.18. The first kappa shape index (κ1) is 16.4. The molecule has 120 valence electrons. The number of aliphatic carboxylic acids is 1. The van der Waals surface area contributed by atoms with Gasteiger partial charge in [-0.05, 0) is 25.9 Å². The molecule has 2 heterocycles. The molecule has 0 spiro atoms. The van der Waals surface area contributed by atoms with Crippen LogP contribution in [-0.2, 0) is 4.79 Å². The van der Waals surface area contributed by atoms with Gasteiger partial charge in [-0.3, -0.25) is 4.79 Å². The first-order valence-electron chi connectivity index (χ1n) is 7.69. The second kappa shape index (κ2) is 7.89. The van der Waals surface area contributed by atoms with E-state index in [4.69, 9.17) is 5.11 Å². The molecule has 2 rings (SSSR count). The van der Waals surface area contributed by atoms with Gasteiger partial charge < -0.3 is 20.2 Å². The molecular formula is C14H25N3O3S. The number of thioether (sulfide) groups is 1. The molecule has 2 aliphatic heterocycles. The first-order chi connectivity index (χ1) is 10.1. The molecule has 6 nitrogen and oxygen atoms in total. The average molecular weight is 315 g/mol. The lowest BCUT2D eigenvalue weighted by Gasteiger charge is -2.38. The number of carboxylic acids is 1. The maximum absolute atomic E-state index is 12.4. The molecule has 2 fully saturated rings. The number of urea groups is 1. The van der Waals surface area contributed by atoms with Gasteiger partial charge in [0.15, 0.2) is 0 Å². The van der Waals surface area contributed by atoms with Crippen molar-refractivity contribution in [3.8, 4) is 0 Å². The third-order valence-corrected chi connectivity index (χ3v) is 5.27. The molecule has 0 radical (unpaired) electrons. The summed E-state index contributed by atoms with van der Waals surface area (Å²) in [4.78, 5) is 27.4. The molecule has 2 N–H and O–H groups in total. The van der Waals surface area contributed by atoms with Gasteiger partial charge in [-0.2, -0.15) is 11.8 Å². The minimum atomic E-state index is -0.838. The van der Waals surface area contributed by atoms with E-state index in [1.54, 1.807) is 16.7 Å². The molecule has 0 aliphatic carbocycles. The third kappa shape index (κ3) is 4.78. The predicted octanol–water partition coefficient (Wildman–Crippen LogP) is 1.07. The van der Waals surface area contributed by atoms with Crippen molar-refractivity contribution < 1.29 is 14.7 Å². The van der Waals surface area contributed by atoms with Gasteiger partial charge in [0.25, 0.3) is 0 Å². The second-order valence-corrected chi connectivity index (χ2v) is 6.85.